The number of carbonyl (C=O) groups excluding carboxylic acids is 1. The average Bonchev–Trinajstić information content (AvgIpc) is 2.39. The van der Waals surface area contributed by atoms with Gasteiger partial charge in [0.2, 0.25) is 5.91 Å². The number of rotatable bonds is 3. The molecule has 6 heteroatoms. The van der Waals surface area contributed by atoms with Gasteiger partial charge in [0.1, 0.15) is 6.04 Å². The van der Waals surface area contributed by atoms with Crippen LogP contribution in [0.4, 0.5) is 0 Å². The van der Waals surface area contributed by atoms with Crippen LogP contribution in [0.3, 0.4) is 0 Å². The Bertz CT molecular complexity index is 285. The number of carbonyl (C=O) groups is 1. The maximum atomic E-state index is 12.4. The Morgan fingerprint density at radius 3 is 3.00 bits per heavy atom. The second-order valence-electron chi connectivity index (χ2n) is 4.74. The number of nitrogens with zero attached hydrogens (tertiary/aromatic N) is 1. The molecule has 6 nitrogen and oxygen atoms in total. The number of methoxy groups -OCH3 is 1. The molecular formula is C12H22N2O4. The van der Waals surface area contributed by atoms with Crippen molar-refractivity contribution in [1.29, 1.82) is 0 Å². The molecule has 0 aliphatic carbocycles. The first kappa shape index (κ1) is 13.7. The number of morpholine rings is 2. The Morgan fingerprint density at radius 2 is 2.28 bits per heavy atom. The Labute approximate surface area is 108 Å². The minimum atomic E-state index is -0.236. The third-order valence-electron chi connectivity index (χ3n) is 3.39. The highest BCUT2D eigenvalue weighted by Crippen LogP contribution is 2.12. The van der Waals surface area contributed by atoms with Gasteiger partial charge < -0.3 is 24.4 Å². The number of ether oxygens (including phenoxy) is 3. The maximum absolute atomic E-state index is 12.4. The van der Waals surface area contributed by atoms with Crippen LogP contribution in [0.1, 0.15) is 6.92 Å². The van der Waals surface area contributed by atoms with Crippen LogP contribution >= 0.6 is 0 Å². The molecule has 3 atom stereocenters. The zero-order chi connectivity index (χ0) is 13.0. The van der Waals surface area contributed by atoms with Crippen molar-refractivity contribution in [2.24, 2.45) is 0 Å². The van der Waals surface area contributed by atoms with Crippen LogP contribution in [-0.4, -0.2) is 75.6 Å². The van der Waals surface area contributed by atoms with Gasteiger partial charge in [0.05, 0.1) is 32.0 Å². The molecule has 1 unspecified atom stereocenters. The Balaban J connectivity index is 1.91. The van der Waals surface area contributed by atoms with Crippen molar-refractivity contribution >= 4 is 5.91 Å². The minimum Gasteiger partial charge on any atom is -0.382 e. The molecule has 0 radical (unpaired) electrons. The molecular weight excluding hydrogens is 236 g/mol. The van der Waals surface area contributed by atoms with E-state index >= 15 is 0 Å². The van der Waals surface area contributed by atoms with E-state index in [9.17, 15) is 4.79 Å². The quantitative estimate of drug-likeness (QED) is 0.721. The van der Waals surface area contributed by atoms with Crippen molar-refractivity contribution < 1.29 is 19.0 Å². The SMILES string of the molecule is COCC1CN(C(=O)[C@H]2NCCO[C@@H]2C)CCO1. The fourth-order valence-corrected chi connectivity index (χ4v) is 2.41. The molecule has 1 amide bonds. The lowest BCUT2D eigenvalue weighted by molar-refractivity contribution is -0.148. The summed E-state index contributed by atoms with van der Waals surface area (Å²) in [6, 6.07) is -0.236. The van der Waals surface area contributed by atoms with Gasteiger partial charge in [-0.1, -0.05) is 0 Å². The molecule has 2 aliphatic rings. The highest BCUT2D eigenvalue weighted by atomic mass is 16.5. The molecule has 2 fully saturated rings. The lowest BCUT2D eigenvalue weighted by atomic mass is 10.1. The van der Waals surface area contributed by atoms with Crippen molar-refractivity contribution in [3.05, 3.63) is 0 Å². The van der Waals surface area contributed by atoms with E-state index in [4.69, 9.17) is 14.2 Å². The van der Waals surface area contributed by atoms with E-state index in [1.807, 2.05) is 11.8 Å². The topological polar surface area (TPSA) is 60.0 Å². The first-order valence-corrected chi connectivity index (χ1v) is 6.46. The van der Waals surface area contributed by atoms with Crippen LogP contribution in [-0.2, 0) is 19.0 Å². The number of hydrogen-bond acceptors (Lipinski definition) is 5. The third kappa shape index (κ3) is 3.20. The molecule has 2 aliphatic heterocycles. The van der Waals surface area contributed by atoms with Crippen molar-refractivity contribution in [2.75, 3.05) is 46.6 Å². The van der Waals surface area contributed by atoms with Gasteiger partial charge in [-0.3, -0.25) is 4.79 Å². The first-order valence-electron chi connectivity index (χ1n) is 6.46. The van der Waals surface area contributed by atoms with Crippen LogP contribution in [0.2, 0.25) is 0 Å². The van der Waals surface area contributed by atoms with Crippen LogP contribution in [0, 0.1) is 0 Å². The van der Waals surface area contributed by atoms with Gasteiger partial charge in [-0.15, -0.1) is 0 Å². The first-order chi connectivity index (χ1) is 8.72. The number of nitrogens with one attached hydrogen (secondary N) is 1. The summed E-state index contributed by atoms with van der Waals surface area (Å²) in [5.41, 5.74) is 0. The van der Waals surface area contributed by atoms with Gasteiger partial charge in [0.15, 0.2) is 0 Å². The van der Waals surface area contributed by atoms with Crippen LogP contribution in [0.15, 0.2) is 0 Å². The summed E-state index contributed by atoms with van der Waals surface area (Å²) in [5, 5.41) is 3.22. The van der Waals surface area contributed by atoms with Crippen molar-refractivity contribution in [3.8, 4) is 0 Å². The largest absolute Gasteiger partial charge is 0.382 e. The Morgan fingerprint density at radius 1 is 1.44 bits per heavy atom. The van der Waals surface area contributed by atoms with Crippen LogP contribution in [0.25, 0.3) is 0 Å². The highest BCUT2D eigenvalue weighted by Gasteiger charge is 2.34. The summed E-state index contributed by atoms with van der Waals surface area (Å²) in [6.07, 6.45) is -0.0949. The highest BCUT2D eigenvalue weighted by molar-refractivity contribution is 5.82. The van der Waals surface area contributed by atoms with Gasteiger partial charge in [-0.2, -0.15) is 0 Å². The summed E-state index contributed by atoms with van der Waals surface area (Å²) in [5.74, 6) is 0.103. The summed E-state index contributed by atoms with van der Waals surface area (Å²) in [7, 11) is 1.64. The van der Waals surface area contributed by atoms with E-state index in [0.29, 0.717) is 32.9 Å². The van der Waals surface area contributed by atoms with Crippen molar-refractivity contribution in [1.82, 2.24) is 10.2 Å². The predicted molar refractivity (Wildman–Crippen MR) is 65.4 cm³/mol. The van der Waals surface area contributed by atoms with Crippen molar-refractivity contribution in [3.63, 3.8) is 0 Å². The Kier molecular flexibility index (Phi) is 4.94. The monoisotopic (exact) mass is 258 g/mol. The van der Waals surface area contributed by atoms with Gasteiger partial charge >= 0.3 is 0 Å². The summed E-state index contributed by atoms with van der Waals surface area (Å²) < 4.78 is 16.1. The standard InChI is InChI=1S/C12H22N2O4/c1-9-11(13-3-5-17-9)12(15)14-4-6-18-10(7-14)8-16-2/h9-11,13H,3-8H2,1-2H3/t9-,10?,11+/m1/s1. The van der Waals surface area contributed by atoms with Crippen molar-refractivity contribution in [2.45, 2.75) is 25.2 Å². The van der Waals surface area contributed by atoms with Gasteiger partial charge in [-0.25, -0.2) is 0 Å². The predicted octanol–water partition coefficient (Wildman–Crippen LogP) is -0.763. The average molecular weight is 258 g/mol. The molecule has 2 rings (SSSR count). The van der Waals surface area contributed by atoms with E-state index in [1.54, 1.807) is 7.11 Å². The molecule has 0 bridgehead atoms. The van der Waals surface area contributed by atoms with E-state index in [0.717, 1.165) is 6.54 Å². The molecule has 2 saturated heterocycles. The zero-order valence-corrected chi connectivity index (χ0v) is 11.1. The minimum absolute atomic E-state index is 0.0208. The Hall–Kier alpha value is -0.690. The smallest absolute Gasteiger partial charge is 0.242 e. The van der Waals surface area contributed by atoms with E-state index in [-0.39, 0.29) is 24.2 Å². The van der Waals surface area contributed by atoms with E-state index in [2.05, 4.69) is 5.32 Å². The number of amides is 1. The third-order valence-corrected chi connectivity index (χ3v) is 3.39. The number of hydrogen-bond donors (Lipinski definition) is 1. The summed E-state index contributed by atoms with van der Waals surface area (Å²) in [6.45, 7) is 5.66. The summed E-state index contributed by atoms with van der Waals surface area (Å²) >= 11 is 0. The van der Waals surface area contributed by atoms with Gasteiger partial charge in [-0.05, 0) is 6.92 Å². The lowest BCUT2D eigenvalue weighted by Crippen LogP contribution is -2.59. The molecule has 2 heterocycles. The molecule has 0 aromatic rings. The van der Waals surface area contributed by atoms with Gasteiger partial charge in [0, 0.05) is 26.7 Å². The second kappa shape index (κ2) is 6.47. The molecule has 104 valence electrons. The fourth-order valence-electron chi connectivity index (χ4n) is 2.41. The molecule has 0 aromatic carbocycles. The van der Waals surface area contributed by atoms with Crippen LogP contribution < -0.4 is 5.32 Å². The second-order valence-corrected chi connectivity index (χ2v) is 4.74. The molecule has 1 N–H and O–H groups in total. The lowest BCUT2D eigenvalue weighted by Gasteiger charge is -2.37. The molecule has 0 spiro atoms. The molecule has 0 aromatic heterocycles. The van der Waals surface area contributed by atoms with E-state index in [1.165, 1.54) is 0 Å². The molecule has 18 heavy (non-hydrogen) atoms. The van der Waals surface area contributed by atoms with Gasteiger partial charge in [0.25, 0.3) is 0 Å². The van der Waals surface area contributed by atoms with Crippen LogP contribution in [0.5, 0.6) is 0 Å². The summed E-state index contributed by atoms with van der Waals surface area (Å²) in [4.78, 5) is 14.2. The van der Waals surface area contributed by atoms with E-state index < -0.39 is 0 Å². The normalized spacial score (nSPS) is 33.4. The fraction of sp³-hybridized carbons (Fsp3) is 0.917. The maximum Gasteiger partial charge on any atom is 0.242 e. The zero-order valence-electron chi connectivity index (χ0n) is 11.1. The molecule has 0 saturated carbocycles.